The molecule has 1 aliphatic heterocycles. The first kappa shape index (κ1) is 8.49. The van der Waals surface area contributed by atoms with Gasteiger partial charge < -0.3 is 16.4 Å². The zero-order valence-corrected chi connectivity index (χ0v) is 6.76. The Morgan fingerprint density at radius 1 is 1.91 bits per heavy atom. The summed E-state index contributed by atoms with van der Waals surface area (Å²) in [6, 6.07) is 0.578. The van der Waals surface area contributed by atoms with E-state index in [0.29, 0.717) is 19.0 Å². The second-order valence-electron chi connectivity index (χ2n) is 3.01. The zero-order valence-electron chi connectivity index (χ0n) is 6.76. The van der Waals surface area contributed by atoms with Crippen molar-refractivity contribution in [3.8, 4) is 0 Å². The smallest absolute Gasteiger partial charge is 0.221 e. The van der Waals surface area contributed by atoms with Crippen molar-refractivity contribution in [2.24, 2.45) is 5.73 Å². The van der Waals surface area contributed by atoms with Crippen LogP contribution in [0.4, 0.5) is 0 Å². The third-order valence-corrected chi connectivity index (χ3v) is 1.85. The fourth-order valence-corrected chi connectivity index (χ4v) is 1.19. The highest BCUT2D eigenvalue weighted by Crippen LogP contribution is 1.99. The van der Waals surface area contributed by atoms with Crippen LogP contribution in [0.5, 0.6) is 0 Å². The predicted molar refractivity (Wildman–Crippen MR) is 43.1 cm³/mol. The minimum atomic E-state index is 0.131. The van der Waals surface area contributed by atoms with Gasteiger partial charge in [-0.25, -0.2) is 0 Å². The molecule has 1 heterocycles. The molecule has 64 valence electrons. The maximum atomic E-state index is 10.7. The van der Waals surface area contributed by atoms with E-state index in [1.54, 1.807) is 0 Å². The van der Waals surface area contributed by atoms with Gasteiger partial charge in [0.05, 0.1) is 0 Å². The highest BCUT2D eigenvalue weighted by atomic mass is 16.1. The molecule has 1 fully saturated rings. The second-order valence-corrected chi connectivity index (χ2v) is 3.01. The van der Waals surface area contributed by atoms with E-state index in [1.165, 1.54) is 0 Å². The lowest BCUT2D eigenvalue weighted by Gasteiger charge is -2.15. The van der Waals surface area contributed by atoms with Gasteiger partial charge in [-0.2, -0.15) is 0 Å². The first-order valence-electron chi connectivity index (χ1n) is 3.95. The molecule has 0 radical (unpaired) electrons. The molecular formula is C7H15N3O. The minimum absolute atomic E-state index is 0.131. The average molecular weight is 157 g/mol. The number of hydrogen-bond acceptors (Lipinski definition) is 3. The van der Waals surface area contributed by atoms with Gasteiger partial charge in [0, 0.05) is 31.6 Å². The van der Waals surface area contributed by atoms with Crippen molar-refractivity contribution in [2.75, 3.05) is 13.1 Å². The van der Waals surface area contributed by atoms with Gasteiger partial charge in [-0.05, 0) is 6.92 Å². The fourth-order valence-electron chi connectivity index (χ4n) is 1.19. The van der Waals surface area contributed by atoms with Crippen molar-refractivity contribution >= 4 is 5.91 Å². The summed E-state index contributed by atoms with van der Waals surface area (Å²) in [6.07, 6.45) is 0.588. The lowest BCUT2D eigenvalue weighted by Crippen LogP contribution is -2.41. The number of hydrogen-bond donors (Lipinski definition) is 3. The Labute approximate surface area is 66.5 Å². The zero-order chi connectivity index (χ0) is 8.27. The topological polar surface area (TPSA) is 67.2 Å². The van der Waals surface area contributed by atoms with E-state index in [1.807, 2.05) is 6.92 Å². The van der Waals surface area contributed by atoms with Gasteiger partial charge in [-0.15, -0.1) is 0 Å². The molecule has 0 aromatic rings. The monoisotopic (exact) mass is 157 g/mol. The predicted octanol–water partition coefficient (Wildman–Crippen LogP) is -1.19. The summed E-state index contributed by atoms with van der Waals surface area (Å²) in [4.78, 5) is 10.7. The quantitative estimate of drug-likeness (QED) is 0.482. The van der Waals surface area contributed by atoms with Crippen LogP contribution < -0.4 is 16.4 Å². The first-order valence-corrected chi connectivity index (χ1v) is 3.95. The van der Waals surface area contributed by atoms with E-state index >= 15 is 0 Å². The van der Waals surface area contributed by atoms with Crippen LogP contribution in [0.2, 0.25) is 0 Å². The van der Waals surface area contributed by atoms with Crippen LogP contribution in [-0.4, -0.2) is 31.1 Å². The Morgan fingerprint density at radius 3 is 3.09 bits per heavy atom. The van der Waals surface area contributed by atoms with Gasteiger partial charge in [0.2, 0.25) is 5.91 Å². The molecular weight excluding hydrogens is 142 g/mol. The van der Waals surface area contributed by atoms with Crippen LogP contribution in [-0.2, 0) is 4.79 Å². The van der Waals surface area contributed by atoms with Gasteiger partial charge in [0.1, 0.15) is 0 Å². The standard InChI is InChI=1S/C7H15N3O/c1-5(3-8)10-6-2-7(11)9-4-6/h5-6,10H,2-4,8H2,1H3,(H,9,11). The molecule has 1 saturated heterocycles. The van der Waals surface area contributed by atoms with Crippen LogP contribution in [0.25, 0.3) is 0 Å². The molecule has 0 aliphatic carbocycles. The van der Waals surface area contributed by atoms with E-state index in [2.05, 4.69) is 10.6 Å². The highest BCUT2D eigenvalue weighted by Gasteiger charge is 2.21. The lowest BCUT2D eigenvalue weighted by atomic mass is 10.2. The maximum absolute atomic E-state index is 10.7. The van der Waals surface area contributed by atoms with Gasteiger partial charge in [-0.1, -0.05) is 0 Å². The Hall–Kier alpha value is -0.610. The van der Waals surface area contributed by atoms with Crippen LogP contribution in [0, 0.1) is 0 Å². The lowest BCUT2D eigenvalue weighted by molar-refractivity contribution is -0.119. The SMILES string of the molecule is CC(CN)NC1CNC(=O)C1. The summed E-state index contributed by atoms with van der Waals surface area (Å²) >= 11 is 0. The molecule has 4 N–H and O–H groups in total. The molecule has 0 saturated carbocycles. The van der Waals surface area contributed by atoms with Crippen LogP contribution in [0.1, 0.15) is 13.3 Å². The van der Waals surface area contributed by atoms with E-state index in [9.17, 15) is 4.79 Å². The van der Waals surface area contributed by atoms with E-state index in [0.717, 1.165) is 6.54 Å². The third kappa shape index (κ3) is 2.48. The maximum Gasteiger partial charge on any atom is 0.221 e. The molecule has 4 nitrogen and oxygen atoms in total. The summed E-state index contributed by atoms with van der Waals surface area (Å²) in [6.45, 7) is 3.37. The van der Waals surface area contributed by atoms with Crippen molar-refractivity contribution in [1.82, 2.24) is 10.6 Å². The third-order valence-electron chi connectivity index (χ3n) is 1.85. The molecule has 0 spiro atoms. The molecule has 0 bridgehead atoms. The van der Waals surface area contributed by atoms with E-state index in [4.69, 9.17) is 5.73 Å². The molecule has 11 heavy (non-hydrogen) atoms. The van der Waals surface area contributed by atoms with E-state index < -0.39 is 0 Å². The van der Waals surface area contributed by atoms with Crippen LogP contribution in [0.15, 0.2) is 0 Å². The first-order chi connectivity index (χ1) is 5.22. The molecule has 0 aromatic heterocycles. The fraction of sp³-hybridized carbons (Fsp3) is 0.857. The molecule has 1 rings (SSSR count). The summed E-state index contributed by atoms with van der Waals surface area (Å²) in [5.41, 5.74) is 5.42. The number of carbonyl (C=O) groups is 1. The van der Waals surface area contributed by atoms with Gasteiger partial charge >= 0.3 is 0 Å². The molecule has 2 atom stereocenters. The number of nitrogens with two attached hydrogens (primary N) is 1. The Morgan fingerprint density at radius 2 is 2.64 bits per heavy atom. The molecule has 4 heteroatoms. The van der Waals surface area contributed by atoms with Crippen molar-refractivity contribution in [2.45, 2.75) is 25.4 Å². The Balaban J connectivity index is 2.22. The second kappa shape index (κ2) is 3.69. The summed E-state index contributed by atoms with van der Waals surface area (Å²) < 4.78 is 0. The summed E-state index contributed by atoms with van der Waals surface area (Å²) in [5, 5.41) is 6.01. The molecule has 2 unspecified atom stereocenters. The minimum Gasteiger partial charge on any atom is -0.354 e. The van der Waals surface area contributed by atoms with Crippen molar-refractivity contribution in [1.29, 1.82) is 0 Å². The van der Waals surface area contributed by atoms with E-state index in [-0.39, 0.29) is 11.9 Å². The van der Waals surface area contributed by atoms with Crippen molar-refractivity contribution in [3.63, 3.8) is 0 Å². The number of nitrogens with one attached hydrogen (secondary N) is 2. The normalized spacial score (nSPS) is 26.7. The van der Waals surface area contributed by atoms with Gasteiger partial charge in [0.15, 0.2) is 0 Å². The van der Waals surface area contributed by atoms with Crippen molar-refractivity contribution < 1.29 is 4.79 Å². The van der Waals surface area contributed by atoms with Crippen LogP contribution in [0.3, 0.4) is 0 Å². The Kier molecular flexibility index (Phi) is 2.84. The molecule has 1 amide bonds. The van der Waals surface area contributed by atoms with Crippen LogP contribution >= 0.6 is 0 Å². The largest absolute Gasteiger partial charge is 0.354 e. The van der Waals surface area contributed by atoms with Crippen molar-refractivity contribution in [3.05, 3.63) is 0 Å². The Bertz CT molecular complexity index is 149. The highest BCUT2D eigenvalue weighted by molar-refractivity contribution is 5.78. The average Bonchev–Trinajstić information content (AvgIpc) is 2.35. The van der Waals surface area contributed by atoms with Gasteiger partial charge in [0.25, 0.3) is 0 Å². The molecule has 0 aromatic carbocycles. The number of carbonyl (C=O) groups excluding carboxylic acids is 1. The van der Waals surface area contributed by atoms with Gasteiger partial charge in [-0.3, -0.25) is 4.79 Å². The number of rotatable bonds is 3. The summed E-state index contributed by atoms with van der Waals surface area (Å²) in [7, 11) is 0. The molecule has 1 aliphatic rings. The number of amides is 1. The summed E-state index contributed by atoms with van der Waals surface area (Å²) in [5.74, 6) is 0.131.